The number of nitrogens with one attached hydrogen (secondary N) is 1. The van der Waals surface area contributed by atoms with E-state index in [2.05, 4.69) is 10.3 Å². The SMILES string of the molecule is Cc1ccc(CNC(=O)c2nc(N3CCOCC3)n(C)c(=O)c2O)cc1F. The lowest BCUT2D eigenvalue weighted by atomic mass is 10.1. The van der Waals surface area contributed by atoms with Crippen LogP contribution in [0, 0.1) is 12.7 Å². The summed E-state index contributed by atoms with van der Waals surface area (Å²) in [6.07, 6.45) is 0. The molecule has 3 rings (SSSR count). The van der Waals surface area contributed by atoms with Gasteiger partial charge in [0.2, 0.25) is 11.7 Å². The maximum atomic E-state index is 13.6. The second-order valence-electron chi connectivity index (χ2n) is 6.34. The summed E-state index contributed by atoms with van der Waals surface area (Å²) in [4.78, 5) is 30.8. The summed E-state index contributed by atoms with van der Waals surface area (Å²) in [6, 6.07) is 4.63. The number of amides is 1. The van der Waals surface area contributed by atoms with Crippen LogP contribution in [-0.2, 0) is 18.3 Å². The summed E-state index contributed by atoms with van der Waals surface area (Å²) in [7, 11) is 1.48. The number of ether oxygens (including phenoxy) is 1. The molecule has 0 spiro atoms. The largest absolute Gasteiger partial charge is 0.501 e. The molecule has 144 valence electrons. The lowest BCUT2D eigenvalue weighted by Gasteiger charge is -2.29. The minimum absolute atomic E-state index is 0.0409. The van der Waals surface area contributed by atoms with E-state index in [4.69, 9.17) is 4.74 Å². The number of morpholine rings is 1. The van der Waals surface area contributed by atoms with Gasteiger partial charge in [0.15, 0.2) is 5.69 Å². The second kappa shape index (κ2) is 7.75. The molecule has 0 unspecified atom stereocenters. The zero-order valence-electron chi connectivity index (χ0n) is 15.2. The summed E-state index contributed by atoms with van der Waals surface area (Å²) in [5.74, 6) is -1.51. The molecule has 0 bridgehead atoms. The number of aryl methyl sites for hydroxylation is 1. The van der Waals surface area contributed by atoms with Crippen molar-refractivity contribution < 1.29 is 19.0 Å². The predicted octanol–water partition coefficient (Wildman–Crippen LogP) is 0.700. The number of aromatic hydroxyl groups is 1. The van der Waals surface area contributed by atoms with Crippen molar-refractivity contribution in [3.63, 3.8) is 0 Å². The van der Waals surface area contributed by atoms with Gasteiger partial charge in [0.05, 0.1) is 13.2 Å². The van der Waals surface area contributed by atoms with Gasteiger partial charge in [-0.15, -0.1) is 0 Å². The molecule has 1 aliphatic heterocycles. The molecule has 1 amide bonds. The number of hydrogen-bond acceptors (Lipinski definition) is 6. The monoisotopic (exact) mass is 376 g/mol. The topological polar surface area (TPSA) is 96.7 Å². The van der Waals surface area contributed by atoms with Crippen LogP contribution in [0.3, 0.4) is 0 Å². The minimum atomic E-state index is -0.720. The van der Waals surface area contributed by atoms with E-state index in [1.54, 1.807) is 19.1 Å². The number of hydrogen-bond donors (Lipinski definition) is 2. The lowest BCUT2D eigenvalue weighted by Crippen LogP contribution is -2.41. The van der Waals surface area contributed by atoms with Crippen LogP contribution in [0.5, 0.6) is 5.75 Å². The maximum Gasteiger partial charge on any atom is 0.297 e. The number of halogens is 1. The van der Waals surface area contributed by atoms with E-state index in [1.807, 2.05) is 4.90 Å². The summed E-state index contributed by atoms with van der Waals surface area (Å²) in [5.41, 5.74) is -0.000490. The van der Waals surface area contributed by atoms with Crippen LogP contribution < -0.4 is 15.8 Å². The maximum absolute atomic E-state index is 13.6. The first-order chi connectivity index (χ1) is 12.9. The predicted molar refractivity (Wildman–Crippen MR) is 96.5 cm³/mol. The van der Waals surface area contributed by atoms with E-state index >= 15 is 0 Å². The van der Waals surface area contributed by atoms with Gasteiger partial charge in [-0.25, -0.2) is 9.37 Å². The molecular formula is C18H21FN4O4. The van der Waals surface area contributed by atoms with Crippen molar-refractivity contribution in [3.8, 4) is 5.75 Å². The fourth-order valence-electron chi connectivity index (χ4n) is 2.80. The molecule has 0 aliphatic carbocycles. The van der Waals surface area contributed by atoms with E-state index in [0.717, 1.165) is 0 Å². The van der Waals surface area contributed by atoms with Crippen molar-refractivity contribution in [2.75, 3.05) is 31.2 Å². The summed E-state index contributed by atoms with van der Waals surface area (Å²) in [6.45, 7) is 3.70. The van der Waals surface area contributed by atoms with Crippen LogP contribution in [0.4, 0.5) is 10.3 Å². The van der Waals surface area contributed by atoms with Crippen LogP contribution in [0.1, 0.15) is 21.6 Å². The van der Waals surface area contributed by atoms with E-state index < -0.39 is 17.2 Å². The molecule has 0 radical (unpaired) electrons. The first kappa shape index (κ1) is 18.8. The molecule has 9 heteroatoms. The van der Waals surface area contributed by atoms with Gasteiger partial charge >= 0.3 is 0 Å². The molecule has 2 heterocycles. The highest BCUT2D eigenvalue weighted by molar-refractivity contribution is 5.95. The van der Waals surface area contributed by atoms with Crippen LogP contribution in [0.2, 0.25) is 0 Å². The Kier molecular flexibility index (Phi) is 5.41. The van der Waals surface area contributed by atoms with E-state index in [0.29, 0.717) is 37.4 Å². The van der Waals surface area contributed by atoms with Gasteiger partial charge < -0.3 is 20.1 Å². The van der Waals surface area contributed by atoms with Crippen molar-refractivity contribution in [2.45, 2.75) is 13.5 Å². The number of anilines is 1. The van der Waals surface area contributed by atoms with E-state index in [9.17, 15) is 19.1 Å². The molecule has 1 aliphatic rings. The highest BCUT2D eigenvalue weighted by atomic mass is 19.1. The molecule has 1 fully saturated rings. The molecule has 1 aromatic carbocycles. The van der Waals surface area contributed by atoms with Gasteiger partial charge in [-0.1, -0.05) is 12.1 Å². The number of carbonyl (C=O) groups is 1. The van der Waals surface area contributed by atoms with E-state index in [1.165, 1.54) is 17.7 Å². The molecule has 0 saturated carbocycles. The summed E-state index contributed by atoms with van der Waals surface area (Å²) < 4.78 is 20.1. The zero-order valence-corrected chi connectivity index (χ0v) is 15.2. The fraction of sp³-hybridized carbons (Fsp3) is 0.389. The Bertz CT molecular complexity index is 922. The molecule has 2 N–H and O–H groups in total. The Balaban J connectivity index is 1.83. The first-order valence-corrected chi connectivity index (χ1v) is 8.54. The first-order valence-electron chi connectivity index (χ1n) is 8.54. The van der Waals surface area contributed by atoms with Gasteiger partial charge in [0, 0.05) is 26.7 Å². The molecule has 27 heavy (non-hydrogen) atoms. The highest BCUT2D eigenvalue weighted by Crippen LogP contribution is 2.17. The Hall–Kier alpha value is -2.94. The van der Waals surface area contributed by atoms with Gasteiger partial charge in [-0.05, 0) is 24.1 Å². The van der Waals surface area contributed by atoms with Crippen LogP contribution in [0.15, 0.2) is 23.0 Å². The lowest BCUT2D eigenvalue weighted by molar-refractivity contribution is 0.0942. The minimum Gasteiger partial charge on any atom is -0.501 e. The smallest absolute Gasteiger partial charge is 0.297 e. The standard InChI is InChI=1S/C18H21FN4O4/c1-11-3-4-12(9-13(11)19)10-20-16(25)14-15(24)17(26)22(2)18(21-14)23-5-7-27-8-6-23/h3-4,9,24H,5-8,10H2,1-2H3,(H,20,25). The average molecular weight is 376 g/mol. The van der Waals surface area contributed by atoms with Crippen LogP contribution in [0.25, 0.3) is 0 Å². The number of benzene rings is 1. The summed E-state index contributed by atoms with van der Waals surface area (Å²) >= 11 is 0. The second-order valence-corrected chi connectivity index (χ2v) is 6.34. The van der Waals surface area contributed by atoms with Crippen molar-refractivity contribution in [3.05, 3.63) is 51.2 Å². The third-order valence-electron chi connectivity index (χ3n) is 4.44. The van der Waals surface area contributed by atoms with Crippen LogP contribution in [-0.4, -0.2) is 46.9 Å². The Labute approximate surface area is 155 Å². The Morgan fingerprint density at radius 3 is 2.74 bits per heavy atom. The van der Waals surface area contributed by atoms with Crippen LogP contribution >= 0.6 is 0 Å². The highest BCUT2D eigenvalue weighted by Gasteiger charge is 2.23. The number of nitrogens with zero attached hydrogens (tertiary/aromatic N) is 3. The Morgan fingerprint density at radius 1 is 1.37 bits per heavy atom. The quantitative estimate of drug-likeness (QED) is 0.816. The number of carbonyl (C=O) groups excluding carboxylic acids is 1. The zero-order chi connectivity index (χ0) is 19.6. The number of rotatable bonds is 4. The van der Waals surface area contributed by atoms with Crippen molar-refractivity contribution in [2.24, 2.45) is 7.05 Å². The molecule has 2 aromatic rings. The van der Waals surface area contributed by atoms with Gasteiger partial charge in [-0.3, -0.25) is 14.2 Å². The molecule has 0 atom stereocenters. The molecule has 1 saturated heterocycles. The molecular weight excluding hydrogens is 355 g/mol. The molecule has 8 nitrogen and oxygen atoms in total. The third kappa shape index (κ3) is 3.92. The number of aromatic nitrogens is 2. The van der Waals surface area contributed by atoms with Gasteiger partial charge in [0.1, 0.15) is 5.82 Å². The Morgan fingerprint density at radius 2 is 2.07 bits per heavy atom. The van der Waals surface area contributed by atoms with Gasteiger partial charge in [0.25, 0.3) is 11.5 Å². The average Bonchev–Trinajstić information content (AvgIpc) is 2.68. The van der Waals surface area contributed by atoms with E-state index in [-0.39, 0.29) is 24.0 Å². The van der Waals surface area contributed by atoms with Crippen molar-refractivity contribution in [1.29, 1.82) is 0 Å². The molecule has 1 aromatic heterocycles. The summed E-state index contributed by atoms with van der Waals surface area (Å²) in [5, 5.41) is 12.6. The van der Waals surface area contributed by atoms with Crippen molar-refractivity contribution in [1.82, 2.24) is 14.9 Å². The fourth-order valence-corrected chi connectivity index (χ4v) is 2.80. The third-order valence-corrected chi connectivity index (χ3v) is 4.44. The van der Waals surface area contributed by atoms with Gasteiger partial charge in [-0.2, -0.15) is 0 Å². The normalized spacial score (nSPS) is 14.3. The van der Waals surface area contributed by atoms with Crippen molar-refractivity contribution >= 4 is 11.9 Å².